The highest BCUT2D eigenvalue weighted by atomic mass is 16.5. The smallest absolute Gasteiger partial charge is 0.178 e. The Bertz CT molecular complexity index is 852. The zero-order valence-corrected chi connectivity index (χ0v) is 14.9. The molecule has 0 bridgehead atoms. The molecule has 2 aromatic heterocycles. The van der Waals surface area contributed by atoms with Gasteiger partial charge in [0.25, 0.3) is 0 Å². The predicted octanol–water partition coefficient (Wildman–Crippen LogP) is 2.58. The van der Waals surface area contributed by atoms with Gasteiger partial charge in [-0.15, -0.1) is 15.3 Å². The number of aromatic nitrogens is 4. The zero-order valence-electron chi connectivity index (χ0n) is 14.9. The summed E-state index contributed by atoms with van der Waals surface area (Å²) < 4.78 is 6.87. The van der Waals surface area contributed by atoms with E-state index < -0.39 is 6.10 Å². The fourth-order valence-corrected chi connectivity index (χ4v) is 2.50. The lowest BCUT2D eigenvalue weighted by Crippen LogP contribution is -2.18. The Morgan fingerprint density at radius 3 is 2.48 bits per heavy atom. The highest BCUT2D eigenvalue weighted by molar-refractivity contribution is 5.44. The molecule has 0 aliphatic carbocycles. The van der Waals surface area contributed by atoms with Gasteiger partial charge in [0.05, 0.1) is 13.2 Å². The minimum Gasteiger partial charge on any atom is -0.497 e. The van der Waals surface area contributed by atoms with Crippen LogP contribution < -0.4 is 10.1 Å². The van der Waals surface area contributed by atoms with Gasteiger partial charge < -0.3 is 15.2 Å². The van der Waals surface area contributed by atoms with Gasteiger partial charge in [-0.05, 0) is 29.8 Å². The maximum absolute atomic E-state index is 10.3. The van der Waals surface area contributed by atoms with E-state index in [0.29, 0.717) is 18.0 Å². The molecule has 0 amide bonds. The van der Waals surface area contributed by atoms with Crippen LogP contribution in [-0.4, -0.2) is 38.6 Å². The number of anilines is 1. The Kier molecular flexibility index (Phi) is 4.59. The standard InChI is InChI=1S/C18H23N5O2/c1-18(2,3)17-21-20-16-10-9-15(22-23(16)17)19-11-14(24)12-5-7-13(25-4)8-6-12/h5-10,14,24H,11H2,1-4H3,(H,19,22). The molecule has 1 aromatic carbocycles. The average Bonchev–Trinajstić information content (AvgIpc) is 3.03. The van der Waals surface area contributed by atoms with Gasteiger partial charge >= 0.3 is 0 Å². The molecule has 1 atom stereocenters. The SMILES string of the molecule is COc1ccc(C(O)CNc2ccc3nnc(C(C)(C)C)n3n2)cc1. The van der Waals surface area contributed by atoms with E-state index >= 15 is 0 Å². The molecule has 3 aromatic rings. The summed E-state index contributed by atoms with van der Waals surface area (Å²) >= 11 is 0. The summed E-state index contributed by atoms with van der Waals surface area (Å²) in [7, 11) is 1.62. The largest absolute Gasteiger partial charge is 0.497 e. The van der Waals surface area contributed by atoms with Crippen LogP contribution in [0.25, 0.3) is 5.65 Å². The maximum Gasteiger partial charge on any atom is 0.178 e. The first-order valence-corrected chi connectivity index (χ1v) is 8.17. The zero-order chi connectivity index (χ0) is 18.0. The van der Waals surface area contributed by atoms with Gasteiger partial charge in [-0.1, -0.05) is 32.9 Å². The van der Waals surface area contributed by atoms with Gasteiger partial charge in [0.2, 0.25) is 0 Å². The molecule has 2 heterocycles. The van der Waals surface area contributed by atoms with Gasteiger partial charge in [0.1, 0.15) is 11.6 Å². The van der Waals surface area contributed by atoms with Crippen molar-refractivity contribution in [2.75, 3.05) is 19.0 Å². The molecule has 25 heavy (non-hydrogen) atoms. The Labute approximate surface area is 146 Å². The normalized spacial score (nSPS) is 13.0. The van der Waals surface area contributed by atoms with E-state index in [1.54, 1.807) is 11.6 Å². The molecule has 2 N–H and O–H groups in total. The third-order valence-electron chi connectivity index (χ3n) is 3.91. The quantitative estimate of drug-likeness (QED) is 0.742. The van der Waals surface area contributed by atoms with Crippen molar-refractivity contribution in [3.8, 4) is 5.75 Å². The second-order valence-corrected chi connectivity index (χ2v) is 6.93. The lowest BCUT2D eigenvalue weighted by molar-refractivity contribution is 0.191. The van der Waals surface area contributed by atoms with E-state index in [0.717, 1.165) is 17.1 Å². The first-order chi connectivity index (χ1) is 11.9. The number of aliphatic hydroxyl groups is 1. The van der Waals surface area contributed by atoms with Gasteiger partial charge in [-0.3, -0.25) is 0 Å². The number of hydrogen-bond donors (Lipinski definition) is 2. The Balaban J connectivity index is 1.74. The van der Waals surface area contributed by atoms with Crippen molar-refractivity contribution in [3.05, 3.63) is 47.8 Å². The Morgan fingerprint density at radius 1 is 1.12 bits per heavy atom. The lowest BCUT2D eigenvalue weighted by Gasteiger charge is -2.16. The van der Waals surface area contributed by atoms with Crippen LogP contribution in [0.1, 0.15) is 38.3 Å². The van der Waals surface area contributed by atoms with Crippen molar-refractivity contribution in [1.82, 2.24) is 19.8 Å². The van der Waals surface area contributed by atoms with Crippen LogP contribution in [0, 0.1) is 0 Å². The fourth-order valence-electron chi connectivity index (χ4n) is 2.50. The monoisotopic (exact) mass is 341 g/mol. The van der Waals surface area contributed by atoms with Crippen molar-refractivity contribution in [3.63, 3.8) is 0 Å². The molecule has 7 heteroatoms. The number of aliphatic hydroxyl groups excluding tert-OH is 1. The lowest BCUT2D eigenvalue weighted by atomic mass is 9.96. The summed E-state index contributed by atoms with van der Waals surface area (Å²) in [6, 6.07) is 11.0. The van der Waals surface area contributed by atoms with Crippen molar-refractivity contribution >= 4 is 11.5 Å². The van der Waals surface area contributed by atoms with Crippen LogP contribution in [0.4, 0.5) is 5.82 Å². The van der Waals surface area contributed by atoms with Crippen molar-refractivity contribution < 1.29 is 9.84 Å². The average molecular weight is 341 g/mol. The van der Waals surface area contributed by atoms with E-state index in [1.807, 2.05) is 36.4 Å². The van der Waals surface area contributed by atoms with Crippen LogP contribution in [0.3, 0.4) is 0 Å². The Morgan fingerprint density at radius 2 is 1.84 bits per heavy atom. The van der Waals surface area contributed by atoms with E-state index in [1.165, 1.54) is 0 Å². The summed E-state index contributed by atoms with van der Waals surface area (Å²) in [5.74, 6) is 2.21. The van der Waals surface area contributed by atoms with Crippen LogP contribution in [0.15, 0.2) is 36.4 Å². The van der Waals surface area contributed by atoms with Gasteiger partial charge in [0, 0.05) is 12.0 Å². The van der Waals surface area contributed by atoms with E-state index in [-0.39, 0.29) is 5.41 Å². The number of benzene rings is 1. The fraction of sp³-hybridized carbons (Fsp3) is 0.389. The molecule has 1 unspecified atom stereocenters. The number of methoxy groups -OCH3 is 1. The highest BCUT2D eigenvalue weighted by Gasteiger charge is 2.21. The first-order valence-electron chi connectivity index (χ1n) is 8.17. The number of nitrogens with zero attached hydrogens (tertiary/aromatic N) is 4. The minimum atomic E-state index is -0.647. The molecule has 3 rings (SSSR count). The van der Waals surface area contributed by atoms with Crippen molar-refractivity contribution in [2.45, 2.75) is 32.3 Å². The third-order valence-corrected chi connectivity index (χ3v) is 3.91. The van der Waals surface area contributed by atoms with Crippen molar-refractivity contribution in [2.24, 2.45) is 0 Å². The molecule has 0 radical (unpaired) electrons. The van der Waals surface area contributed by atoms with E-state index in [9.17, 15) is 5.11 Å². The predicted molar refractivity (Wildman–Crippen MR) is 95.9 cm³/mol. The topological polar surface area (TPSA) is 84.6 Å². The second kappa shape index (κ2) is 6.68. The molecule has 0 saturated carbocycles. The summed E-state index contributed by atoms with van der Waals surface area (Å²) in [5.41, 5.74) is 1.36. The molecule has 0 aliphatic heterocycles. The Hall–Kier alpha value is -2.67. The molecule has 132 valence electrons. The van der Waals surface area contributed by atoms with E-state index in [2.05, 4.69) is 41.4 Å². The van der Waals surface area contributed by atoms with Gasteiger partial charge in [0.15, 0.2) is 11.5 Å². The first kappa shape index (κ1) is 17.2. The summed E-state index contributed by atoms with van der Waals surface area (Å²) in [6.07, 6.45) is -0.647. The number of hydrogen-bond acceptors (Lipinski definition) is 6. The molecule has 7 nitrogen and oxygen atoms in total. The number of ether oxygens (including phenoxy) is 1. The molecule has 0 spiro atoms. The maximum atomic E-state index is 10.3. The minimum absolute atomic E-state index is 0.159. The summed E-state index contributed by atoms with van der Waals surface area (Å²) in [6.45, 7) is 6.55. The van der Waals surface area contributed by atoms with Crippen LogP contribution >= 0.6 is 0 Å². The van der Waals surface area contributed by atoms with Crippen LogP contribution in [-0.2, 0) is 5.41 Å². The van der Waals surface area contributed by atoms with Crippen molar-refractivity contribution in [1.29, 1.82) is 0 Å². The number of fused-ring (bicyclic) bond motifs is 1. The van der Waals surface area contributed by atoms with Crippen LogP contribution in [0.5, 0.6) is 5.75 Å². The van der Waals surface area contributed by atoms with E-state index in [4.69, 9.17) is 4.74 Å². The van der Waals surface area contributed by atoms with Gasteiger partial charge in [-0.2, -0.15) is 4.52 Å². The molecule has 0 aliphatic rings. The molecule has 0 saturated heterocycles. The van der Waals surface area contributed by atoms with Gasteiger partial charge in [-0.25, -0.2) is 0 Å². The number of rotatable bonds is 5. The third kappa shape index (κ3) is 3.71. The highest BCUT2D eigenvalue weighted by Crippen LogP contribution is 2.21. The van der Waals surface area contributed by atoms with Crippen LogP contribution in [0.2, 0.25) is 0 Å². The second-order valence-electron chi connectivity index (χ2n) is 6.93. The summed E-state index contributed by atoms with van der Waals surface area (Å²) in [5, 5.41) is 26.4. The molecule has 0 fully saturated rings. The molecular formula is C18H23N5O2. The number of nitrogens with one attached hydrogen (secondary N) is 1. The molecular weight excluding hydrogens is 318 g/mol. The summed E-state index contributed by atoms with van der Waals surface area (Å²) in [4.78, 5) is 0.